The van der Waals surface area contributed by atoms with E-state index >= 15 is 0 Å². The van der Waals surface area contributed by atoms with Gasteiger partial charge in [0.15, 0.2) is 0 Å². The molecule has 16 heavy (non-hydrogen) atoms. The van der Waals surface area contributed by atoms with Crippen LogP contribution in [-0.4, -0.2) is 52.2 Å². The van der Waals surface area contributed by atoms with Gasteiger partial charge in [-0.15, -0.1) is 0 Å². The Morgan fingerprint density at radius 3 is 2.12 bits per heavy atom. The SMILES string of the molecule is CCN1CCC[NH+](CC)C1C.[F][Al-]([F])([F])[F]. The molecule has 98 valence electrons. The van der Waals surface area contributed by atoms with Crippen LogP contribution in [0.3, 0.4) is 0 Å². The topological polar surface area (TPSA) is 7.68 Å². The zero-order chi connectivity index (χ0) is 12.8. The molecule has 2 nitrogen and oxygen atoms in total. The van der Waals surface area contributed by atoms with E-state index in [9.17, 15) is 14.1 Å². The fourth-order valence-electron chi connectivity index (χ4n) is 2.07. The summed E-state index contributed by atoms with van der Waals surface area (Å²) in [6, 6.07) is 0. The van der Waals surface area contributed by atoms with Gasteiger partial charge in [-0.05, 0) is 6.92 Å². The first-order valence-corrected chi connectivity index (χ1v) is 7.50. The van der Waals surface area contributed by atoms with Crippen LogP contribution >= 0.6 is 0 Å². The van der Waals surface area contributed by atoms with Crippen molar-refractivity contribution in [3.63, 3.8) is 0 Å². The molecule has 0 aromatic heterocycles. The lowest BCUT2D eigenvalue weighted by molar-refractivity contribution is -0.939. The molecule has 0 spiro atoms. The maximum absolute atomic E-state index is 9.85. The Hall–Kier alpha value is 0.172. The van der Waals surface area contributed by atoms with Crippen molar-refractivity contribution in [2.24, 2.45) is 0 Å². The van der Waals surface area contributed by atoms with Gasteiger partial charge in [-0.3, -0.25) is 4.90 Å². The van der Waals surface area contributed by atoms with Crippen molar-refractivity contribution in [3.8, 4) is 0 Å². The molecule has 2 atom stereocenters. The van der Waals surface area contributed by atoms with E-state index in [1.807, 2.05) is 0 Å². The summed E-state index contributed by atoms with van der Waals surface area (Å²) in [7, 11) is 0. The third-order valence-electron chi connectivity index (χ3n) is 2.94. The number of hydrogen-bond acceptors (Lipinski definition) is 1. The smallest absolute Gasteiger partial charge is 0.510 e. The highest BCUT2D eigenvalue weighted by Gasteiger charge is 2.41. The Bertz CT molecular complexity index is 171. The molecule has 0 aliphatic carbocycles. The van der Waals surface area contributed by atoms with Gasteiger partial charge >= 0.3 is 14.9 Å². The summed E-state index contributed by atoms with van der Waals surface area (Å²) in [5, 5.41) is 0. The second kappa shape index (κ2) is 7.49. The van der Waals surface area contributed by atoms with Crippen LogP contribution in [0.5, 0.6) is 0 Å². The van der Waals surface area contributed by atoms with Crippen LogP contribution in [0.15, 0.2) is 0 Å². The molecule has 0 aromatic rings. The van der Waals surface area contributed by atoms with Crippen molar-refractivity contribution < 1.29 is 19.0 Å². The molecule has 0 radical (unpaired) electrons. The number of hydrogen-bond donors (Lipinski definition) is 1. The quantitative estimate of drug-likeness (QED) is 0.580. The van der Waals surface area contributed by atoms with Crippen LogP contribution in [0.4, 0.5) is 14.1 Å². The maximum atomic E-state index is 9.85. The van der Waals surface area contributed by atoms with Crippen molar-refractivity contribution >= 4 is 14.9 Å². The van der Waals surface area contributed by atoms with Gasteiger partial charge in [-0.2, -0.15) is 0 Å². The summed E-state index contributed by atoms with van der Waals surface area (Å²) in [5.74, 6) is 0. The Labute approximate surface area is 98.8 Å². The average molecular weight is 260 g/mol. The van der Waals surface area contributed by atoms with Crippen LogP contribution in [0.25, 0.3) is 0 Å². The molecule has 1 rings (SSSR count). The molecular weight excluding hydrogens is 239 g/mol. The van der Waals surface area contributed by atoms with E-state index in [1.165, 1.54) is 32.6 Å². The monoisotopic (exact) mass is 260 g/mol. The average Bonchev–Trinajstić information content (AvgIpc) is 2.16. The highest BCUT2D eigenvalue weighted by atomic mass is 27.5. The lowest BCUT2D eigenvalue weighted by Crippen LogP contribution is -3.18. The number of quaternary nitrogens is 1. The van der Waals surface area contributed by atoms with Crippen LogP contribution in [0.1, 0.15) is 27.2 Å². The van der Waals surface area contributed by atoms with E-state index in [0.29, 0.717) is 0 Å². The summed E-state index contributed by atoms with van der Waals surface area (Å²) in [6.45, 7) is 12.1. The van der Waals surface area contributed by atoms with Crippen LogP contribution in [0, 0.1) is 0 Å². The van der Waals surface area contributed by atoms with Crippen molar-refractivity contribution in [1.29, 1.82) is 0 Å². The number of nitrogens with zero attached hydrogens (tertiary/aromatic N) is 1. The van der Waals surface area contributed by atoms with Gasteiger partial charge < -0.3 is 19.0 Å². The standard InChI is InChI=1S/C9H20N2.Al.4FH/c1-4-10-7-6-8-11(5-2)9(10)3;;;;;/h9H,4-8H2,1-3H3;;4*1H/q;+3;;;;/p-3. The molecule has 1 aliphatic rings. The van der Waals surface area contributed by atoms with Crippen molar-refractivity contribution in [3.05, 3.63) is 0 Å². The van der Waals surface area contributed by atoms with E-state index in [-0.39, 0.29) is 0 Å². The summed E-state index contributed by atoms with van der Waals surface area (Å²) in [4.78, 5) is 4.32. The van der Waals surface area contributed by atoms with Crippen LogP contribution in [0.2, 0.25) is 0 Å². The number of rotatable bonds is 2. The summed E-state index contributed by atoms with van der Waals surface area (Å²) < 4.78 is 39.4. The normalized spacial score (nSPS) is 27.2. The van der Waals surface area contributed by atoms with E-state index in [4.69, 9.17) is 0 Å². The molecule has 0 saturated carbocycles. The van der Waals surface area contributed by atoms with Gasteiger partial charge in [0.2, 0.25) is 0 Å². The van der Waals surface area contributed by atoms with Crippen molar-refractivity contribution in [2.45, 2.75) is 33.4 Å². The van der Waals surface area contributed by atoms with Gasteiger partial charge in [0.25, 0.3) is 0 Å². The molecule has 1 saturated heterocycles. The first-order chi connectivity index (χ1) is 7.29. The van der Waals surface area contributed by atoms with E-state index in [0.717, 1.165) is 6.17 Å². The Kier molecular flexibility index (Phi) is 7.57. The van der Waals surface area contributed by atoms with Crippen molar-refractivity contribution in [1.82, 2.24) is 4.90 Å². The van der Waals surface area contributed by atoms with Gasteiger partial charge in [0.05, 0.1) is 13.1 Å². The molecule has 2 unspecified atom stereocenters. The molecule has 0 aromatic carbocycles. The minimum Gasteiger partial charge on any atom is -0.510 e. The number of nitrogens with one attached hydrogen (secondary N) is 1. The summed E-state index contributed by atoms with van der Waals surface area (Å²) >= 11 is -6.83. The lowest BCUT2D eigenvalue weighted by atomic mass is 10.2. The fourth-order valence-corrected chi connectivity index (χ4v) is 2.07. The molecule has 0 amide bonds. The first kappa shape index (κ1) is 16.2. The molecule has 1 aliphatic heterocycles. The van der Waals surface area contributed by atoms with Crippen LogP contribution < -0.4 is 4.90 Å². The minimum atomic E-state index is -6.83. The Balaban J connectivity index is 0.000000385. The molecular formula is C9H21AlF4N2. The third-order valence-corrected chi connectivity index (χ3v) is 2.94. The second-order valence-electron chi connectivity index (χ2n) is 3.91. The molecule has 1 fully saturated rings. The molecule has 7 heteroatoms. The van der Waals surface area contributed by atoms with E-state index < -0.39 is 14.9 Å². The van der Waals surface area contributed by atoms with Crippen molar-refractivity contribution in [2.75, 3.05) is 26.2 Å². The highest BCUT2D eigenvalue weighted by molar-refractivity contribution is 6.50. The third kappa shape index (κ3) is 7.45. The Morgan fingerprint density at radius 1 is 1.25 bits per heavy atom. The van der Waals surface area contributed by atoms with E-state index in [1.54, 1.807) is 4.90 Å². The minimum absolute atomic E-state index is 0.749. The zero-order valence-corrected chi connectivity index (χ0v) is 11.3. The van der Waals surface area contributed by atoms with Crippen LogP contribution in [-0.2, 0) is 0 Å². The second-order valence-corrected chi connectivity index (χ2v) is 4.90. The highest BCUT2D eigenvalue weighted by Crippen LogP contribution is 2.06. The predicted molar refractivity (Wildman–Crippen MR) is 57.9 cm³/mol. The lowest BCUT2D eigenvalue weighted by Gasteiger charge is -2.38. The summed E-state index contributed by atoms with van der Waals surface area (Å²) in [5.41, 5.74) is 0. The fraction of sp³-hybridized carbons (Fsp3) is 1.00. The summed E-state index contributed by atoms with van der Waals surface area (Å²) in [6.07, 6.45) is 2.13. The predicted octanol–water partition coefficient (Wildman–Crippen LogP) is 1.26. The van der Waals surface area contributed by atoms with E-state index in [2.05, 4.69) is 25.7 Å². The molecule has 0 bridgehead atoms. The largest absolute Gasteiger partial charge is 1.04 e. The van der Waals surface area contributed by atoms with Gasteiger partial charge in [0, 0.05) is 26.4 Å². The van der Waals surface area contributed by atoms with Gasteiger partial charge in [-0.1, -0.05) is 6.92 Å². The van der Waals surface area contributed by atoms with Gasteiger partial charge in [0.1, 0.15) is 6.17 Å². The number of halogens is 4. The maximum Gasteiger partial charge on any atom is 1.04 e. The zero-order valence-electron chi connectivity index (χ0n) is 10.1. The van der Waals surface area contributed by atoms with Gasteiger partial charge in [-0.25, -0.2) is 0 Å². The Morgan fingerprint density at radius 2 is 1.75 bits per heavy atom. The molecule has 1 heterocycles. The first-order valence-electron chi connectivity index (χ1n) is 5.75. The molecule has 1 N–H and O–H groups in total.